The fourth-order valence-electron chi connectivity index (χ4n) is 1.54. The molecule has 0 atom stereocenters. The lowest BCUT2D eigenvalue weighted by atomic mass is 10.2. The summed E-state index contributed by atoms with van der Waals surface area (Å²) in [5.41, 5.74) is -0.485. The number of hydrogen-bond donors (Lipinski definition) is 0. The van der Waals surface area contributed by atoms with E-state index in [0.717, 1.165) is 6.20 Å². The monoisotopic (exact) mass is 281 g/mol. The minimum Gasteiger partial charge on any atom is -0.327 e. The molecule has 1 heterocycles. The first-order valence-corrected chi connectivity index (χ1v) is 5.91. The Kier molecular flexibility index (Phi) is 5.27. The molecule has 1 aromatic heterocycles. The molecule has 1 aromatic rings. The maximum Gasteiger partial charge on any atom is 0.300 e. The highest BCUT2D eigenvalue weighted by Crippen LogP contribution is 2.22. The highest BCUT2D eigenvalue weighted by Gasteiger charge is 2.25. The van der Waals surface area contributed by atoms with Gasteiger partial charge in [-0.05, 0) is 12.5 Å². The molecular formula is C12H12ClN3O3. The Labute approximate surface area is 115 Å². The molecule has 6 nitrogen and oxygen atoms in total. The molecule has 7 heteroatoms. The van der Waals surface area contributed by atoms with Gasteiger partial charge in [-0.3, -0.25) is 14.9 Å². The molecule has 0 aromatic carbocycles. The van der Waals surface area contributed by atoms with Crippen LogP contribution in [0, 0.1) is 22.5 Å². The summed E-state index contributed by atoms with van der Waals surface area (Å²) in [6.07, 6.45) is 6.85. The molecule has 0 aliphatic heterocycles. The van der Waals surface area contributed by atoms with E-state index < -0.39 is 10.8 Å². The summed E-state index contributed by atoms with van der Waals surface area (Å²) < 4.78 is 0. The van der Waals surface area contributed by atoms with Crippen LogP contribution in [0.3, 0.4) is 0 Å². The number of nitro groups is 1. The largest absolute Gasteiger partial charge is 0.327 e. The number of aromatic nitrogens is 1. The van der Waals surface area contributed by atoms with E-state index >= 15 is 0 Å². The summed E-state index contributed by atoms with van der Waals surface area (Å²) in [6, 6.07) is 1.18. The molecule has 0 aliphatic rings. The SMILES string of the molecule is C#CCN(CCC)C(=O)c1cc(Cl)ncc1[N+](=O)[O-]. The van der Waals surface area contributed by atoms with E-state index in [1.54, 1.807) is 0 Å². The van der Waals surface area contributed by atoms with E-state index in [4.69, 9.17) is 18.0 Å². The lowest BCUT2D eigenvalue weighted by Crippen LogP contribution is -2.32. The number of rotatable bonds is 5. The second kappa shape index (κ2) is 6.71. The van der Waals surface area contributed by atoms with Crippen LogP contribution < -0.4 is 0 Å². The Morgan fingerprint density at radius 1 is 1.68 bits per heavy atom. The molecule has 19 heavy (non-hydrogen) atoms. The van der Waals surface area contributed by atoms with Crippen LogP contribution in [0.4, 0.5) is 5.69 Å². The normalized spacial score (nSPS) is 9.74. The Balaban J connectivity index is 3.19. The van der Waals surface area contributed by atoms with Gasteiger partial charge in [-0.25, -0.2) is 4.98 Å². The van der Waals surface area contributed by atoms with Gasteiger partial charge in [0.15, 0.2) is 0 Å². The number of nitrogens with zero attached hydrogens (tertiary/aromatic N) is 3. The zero-order chi connectivity index (χ0) is 14.4. The molecule has 0 fully saturated rings. The first kappa shape index (κ1) is 14.9. The maximum atomic E-state index is 12.2. The number of halogens is 1. The minimum absolute atomic E-state index is 0.0195. The molecule has 0 saturated carbocycles. The molecule has 0 N–H and O–H groups in total. The molecule has 0 spiro atoms. The zero-order valence-corrected chi connectivity index (χ0v) is 11.1. The first-order valence-electron chi connectivity index (χ1n) is 5.54. The summed E-state index contributed by atoms with van der Waals surface area (Å²) in [7, 11) is 0. The van der Waals surface area contributed by atoms with Gasteiger partial charge in [-0.15, -0.1) is 6.42 Å². The molecule has 0 unspecified atom stereocenters. The third-order valence-corrected chi connectivity index (χ3v) is 2.55. The highest BCUT2D eigenvalue weighted by molar-refractivity contribution is 6.29. The molecular weight excluding hydrogens is 270 g/mol. The van der Waals surface area contributed by atoms with Crippen molar-refractivity contribution in [2.24, 2.45) is 0 Å². The van der Waals surface area contributed by atoms with Crippen molar-refractivity contribution in [3.8, 4) is 12.3 Å². The fourth-order valence-corrected chi connectivity index (χ4v) is 1.70. The zero-order valence-electron chi connectivity index (χ0n) is 10.3. The number of hydrogen-bond acceptors (Lipinski definition) is 4. The van der Waals surface area contributed by atoms with Crippen molar-refractivity contribution in [1.29, 1.82) is 0 Å². The average molecular weight is 282 g/mol. The van der Waals surface area contributed by atoms with Crippen molar-refractivity contribution in [2.75, 3.05) is 13.1 Å². The van der Waals surface area contributed by atoms with Gasteiger partial charge in [0.05, 0.1) is 11.5 Å². The number of carbonyl (C=O) groups is 1. The van der Waals surface area contributed by atoms with Gasteiger partial charge in [-0.2, -0.15) is 0 Å². The second-order valence-corrected chi connectivity index (χ2v) is 4.10. The van der Waals surface area contributed by atoms with Crippen LogP contribution >= 0.6 is 11.6 Å². The number of pyridine rings is 1. The number of amides is 1. The smallest absolute Gasteiger partial charge is 0.300 e. The Bertz CT molecular complexity index is 540. The summed E-state index contributed by atoms with van der Waals surface area (Å²) in [4.78, 5) is 27.4. The van der Waals surface area contributed by atoms with Gasteiger partial charge in [-0.1, -0.05) is 24.4 Å². The van der Waals surface area contributed by atoms with E-state index in [1.807, 2.05) is 6.92 Å². The van der Waals surface area contributed by atoms with Crippen LogP contribution in [0.15, 0.2) is 12.3 Å². The van der Waals surface area contributed by atoms with Crippen molar-refractivity contribution in [2.45, 2.75) is 13.3 Å². The molecule has 0 saturated heterocycles. The molecule has 0 aliphatic carbocycles. The van der Waals surface area contributed by atoms with Crippen LogP contribution in [0.5, 0.6) is 0 Å². The molecule has 0 radical (unpaired) electrons. The highest BCUT2D eigenvalue weighted by atomic mass is 35.5. The van der Waals surface area contributed by atoms with Crippen molar-refractivity contribution < 1.29 is 9.72 Å². The first-order chi connectivity index (χ1) is 9.01. The predicted octanol–water partition coefficient (Wildman–Crippen LogP) is 2.13. The standard InChI is InChI=1S/C12H12ClN3O3/c1-3-5-15(6-4-2)12(17)9-7-11(13)14-8-10(9)16(18)19/h1,7-8H,4-6H2,2H3. The lowest BCUT2D eigenvalue weighted by molar-refractivity contribution is -0.385. The van der Waals surface area contributed by atoms with Gasteiger partial charge in [0, 0.05) is 6.54 Å². The Hall–Kier alpha value is -2.13. The predicted molar refractivity (Wildman–Crippen MR) is 70.9 cm³/mol. The maximum absolute atomic E-state index is 12.2. The molecule has 0 bridgehead atoms. The van der Waals surface area contributed by atoms with Crippen LogP contribution in [0.25, 0.3) is 0 Å². The van der Waals surface area contributed by atoms with Gasteiger partial charge in [0.25, 0.3) is 11.6 Å². The average Bonchev–Trinajstić information content (AvgIpc) is 2.37. The second-order valence-electron chi connectivity index (χ2n) is 3.71. The fraction of sp³-hybridized carbons (Fsp3) is 0.333. The Morgan fingerprint density at radius 2 is 2.37 bits per heavy atom. The third kappa shape index (κ3) is 3.66. The Morgan fingerprint density at radius 3 is 2.89 bits per heavy atom. The summed E-state index contributed by atoms with van der Waals surface area (Å²) in [5, 5.41) is 10.9. The van der Waals surface area contributed by atoms with Crippen LogP contribution in [-0.2, 0) is 0 Å². The summed E-state index contributed by atoms with van der Waals surface area (Å²) >= 11 is 5.68. The van der Waals surface area contributed by atoms with Crippen LogP contribution in [0.2, 0.25) is 5.15 Å². The van der Waals surface area contributed by atoms with Crippen LogP contribution in [-0.4, -0.2) is 33.8 Å². The van der Waals surface area contributed by atoms with E-state index in [0.29, 0.717) is 13.0 Å². The van der Waals surface area contributed by atoms with Crippen molar-refractivity contribution in [3.63, 3.8) is 0 Å². The van der Waals surface area contributed by atoms with E-state index in [2.05, 4.69) is 10.9 Å². The van der Waals surface area contributed by atoms with Gasteiger partial charge >= 0.3 is 0 Å². The van der Waals surface area contributed by atoms with E-state index in [-0.39, 0.29) is 22.9 Å². The van der Waals surface area contributed by atoms with Crippen molar-refractivity contribution in [1.82, 2.24) is 9.88 Å². The quantitative estimate of drug-likeness (QED) is 0.358. The van der Waals surface area contributed by atoms with Gasteiger partial charge in [0.1, 0.15) is 16.9 Å². The topological polar surface area (TPSA) is 76.3 Å². The van der Waals surface area contributed by atoms with E-state index in [9.17, 15) is 14.9 Å². The third-order valence-electron chi connectivity index (χ3n) is 2.34. The lowest BCUT2D eigenvalue weighted by Gasteiger charge is -2.19. The number of carbonyl (C=O) groups excluding carboxylic acids is 1. The molecule has 100 valence electrons. The summed E-state index contributed by atoms with van der Waals surface area (Å²) in [6.45, 7) is 2.38. The van der Waals surface area contributed by atoms with Crippen molar-refractivity contribution in [3.05, 3.63) is 33.1 Å². The van der Waals surface area contributed by atoms with E-state index in [1.165, 1.54) is 11.0 Å². The number of terminal acetylenes is 1. The summed E-state index contributed by atoms with van der Waals surface area (Å²) in [5.74, 6) is 1.84. The van der Waals surface area contributed by atoms with Crippen LogP contribution in [0.1, 0.15) is 23.7 Å². The van der Waals surface area contributed by atoms with Crippen molar-refractivity contribution >= 4 is 23.2 Å². The minimum atomic E-state index is -0.670. The molecule has 1 rings (SSSR count). The van der Waals surface area contributed by atoms with Gasteiger partial charge in [0.2, 0.25) is 0 Å². The molecule has 1 amide bonds. The van der Waals surface area contributed by atoms with Gasteiger partial charge < -0.3 is 4.90 Å².